The molecule has 2 heterocycles. The first-order chi connectivity index (χ1) is 11.5. The van der Waals surface area contributed by atoms with E-state index in [4.69, 9.17) is 14.0 Å². The second kappa shape index (κ2) is 6.54. The fourth-order valence-corrected chi connectivity index (χ4v) is 4.35. The lowest BCUT2D eigenvalue weighted by molar-refractivity contribution is 0.395. The molecule has 9 heteroatoms. The van der Waals surface area contributed by atoms with Crippen LogP contribution in [0, 0.1) is 0 Å². The topological polar surface area (TPSA) is 90.7 Å². The quantitative estimate of drug-likeness (QED) is 0.720. The van der Waals surface area contributed by atoms with Gasteiger partial charge in [-0.2, -0.15) is 0 Å². The number of rotatable bonds is 6. The van der Waals surface area contributed by atoms with Gasteiger partial charge in [-0.25, -0.2) is 8.42 Å². The van der Waals surface area contributed by atoms with Gasteiger partial charge >= 0.3 is 0 Å². The molecule has 0 aliphatic carbocycles. The number of methoxy groups -OCH3 is 2. The van der Waals surface area contributed by atoms with Crippen molar-refractivity contribution in [3.8, 4) is 22.1 Å². The zero-order chi connectivity index (χ0) is 17.2. The van der Waals surface area contributed by atoms with Crippen molar-refractivity contribution in [1.82, 2.24) is 5.16 Å². The molecule has 0 aliphatic heterocycles. The van der Waals surface area contributed by atoms with Gasteiger partial charge in [0, 0.05) is 12.1 Å². The molecule has 2 aromatic heterocycles. The van der Waals surface area contributed by atoms with Gasteiger partial charge in [0.1, 0.15) is 15.7 Å². The lowest BCUT2D eigenvalue weighted by atomic mass is 10.3. The van der Waals surface area contributed by atoms with E-state index in [-0.39, 0.29) is 4.21 Å². The molecule has 0 fully saturated rings. The van der Waals surface area contributed by atoms with Crippen molar-refractivity contribution in [1.29, 1.82) is 0 Å². The van der Waals surface area contributed by atoms with E-state index in [1.807, 2.05) is 0 Å². The Hall–Kier alpha value is -2.52. The summed E-state index contributed by atoms with van der Waals surface area (Å²) < 4.78 is 43.2. The molecule has 0 bridgehead atoms. The molecule has 0 unspecified atom stereocenters. The van der Waals surface area contributed by atoms with Crippen LogP contribution in [0.1, 0.15) is 0 Å². The SMILES string of the molecule is COc1ccc(NS(=O)(=O)c2ccc(-c3ccno3)s2)c(OC)c1. The fraction of sp³-hybridized carbons (Fsp3) is 0.133. The van der Waals surface area contributed by atoms with Gasteiger partial charge in [0.2, 0.25) is 0 Å². The molecule has 3 aromatic rings. The monoisotopic (exact) mass is 366 g/mol. The molecule has 0 amide bonds. The highest BCUT2D eigenvalue weighted by atomic mass is 32.2. The summed E-state index contributed by atoms with van der Waals surface area (Å²) in [5, 5.41) is 3.61. The van der Waals surface area contributed by atoms with Crippen molar-refractivity contribution in [2.75, 3.05) is 18.9 Å². The predicted octanol–water partition coefficient (Wildman–Crippen LogP) is 3.22. The molecule has 3 rings (SSSR count). The average Bonchev–Trinajstić information content (AvgIpc) is 3.26. The van der Waals surface area contributed by atoms with Gasteiger partial charge in [-0.3, -0.25) is 4.72 Å². The number of hydrogen-bond acceptors (Lipinski definition) is 7. The van der Waals surface area contributed by atoms with E-state index in [9.17, 15) is 8.42 Å². The number of sulfonamides is 1. The molecule has 0 saturated carbocycles. The van der Waals surface area contributed by atoms with Gasteiger partial charge in [0.05, 0.1) is 31.0 Å². The maximum absolute atomic E-state index is 12.6. The van der Waals surface area contributed by atoms with Crippen LogP contribution in [0.25, 0.3) is 10.6 Å². The zero-order valence-electron chi connectivity index (χ0n) is 12.8. The number of ether oxygens (including phenoxy) is 2. The van der Waals surface area contributed by atoms with E-state index in [1.54, 1.807) is 30.3 Å². The first kappa shape index (κ1) is 16.3. The molecular formula is C15H14N2O5S2. The van der Waals surface area contributed by atoms with Crippen LogP contribution in [0.4, 0.5) is 5.69 Å². The Kier molecular flexibility index (Phi) is 4.45. The van der Waals surface area contributed by atoms with Crippen molar-refractivity contribution >= 4 is 27.0 Å². The Morgan fingerprint density at radius 2 is 1.96 bits per heavy atom. The fourth-order valence-electron chi connectivity index (χ4n) is 2.02. The van der Waals surface area contributed by atoms with Gasteiger partial charge in [-0.1, -0.05) is 5.16 Å². The van der Waals surface area contributed by atoms with E-state index in [0.29, 0.717) is 27.8 Å². The van der Waals surface area contributed by atoms with Crippen molar-refractivity contribution < 1.29 is 22.4 Å². The van der Waals surface area contributed by atoms with E-state index in [2.05, 4.69) is 9.88 Å². The van der Waals surface area contributed by atoms with Crippen LogP contribution in [0.5, 0.6) is 11.5 Å². The maximum Gasteiger partial charge on any atom is 0.271 e. The molecule has 7 nitrogen and oxygen atoms in total. The lowest BCUT2D eigenvalue weighted by Crippen LogP contribution is -2.12. The van der Waals surface area contributed by atoms with Crippen LogP contribution in [-0.2, 0) is 10.0 Å². The van der Waals surface area contributed by atoms with E-state index in [0.717, 1.165) is 11.3 Å². The molecule has 0 aliphatic rings. The number of nitrogens with one attached hydrogen (secondary N) is 1. The second-order valence-corrected chi connectivity index (χ2v) is 7.66. The summed E-state index contributed by atoms with van der Waals surface area (Å²) in [6.07, 6.45) is 1.50. The molecular weight excluding hydrogens is 352 g/mol. The predicted molar refractivity (Wildman–Crippen MR) is 90.2 cm³/mol. The number of benzene rings is 1. The molecule has 1 aromatic carbocycles. The van der Waals surface area contributed by atoms with E-state index >= 15 is 0 Å². The smallest absolute Gasteiger partial charge is 0.271 e. The van der Waals surface area contributed by atoms with Crippen LogP contribution < -0.4 is 14.2 Å². The van der Waals surface area contributed by atoms with E-state index < -0.39 is 10.0 Å². The molecule has 126 valence electrons. The van der Waals surface area contributed by atoms with Crippen LogP contribution in [-0.4, -0.2) is 27.8 Å². The zero-order valence-corrected chi connectivity index (χ0v) is 14.5. The van der Waals surface area contributed by atoms with Crippen molar-refractivity contribution in [2.24, 2.45) is 0 Å². The standard InChI is InChI=1S/C15H14N2O5S2/c1-20-10-3-4-11(13(9-10)21-2)17-24(18,19)15-6-5-14(23-15)12-7-8-16-22-12/h3-9,17H,1-2H3. The number of aromatic nitrogens is 1. The summed E-state index contributed by atoms with van der Waals surface area (Å²) in [5.41, 5.74) is 0.327. The molecule has 0 spiro atoms. The van der Waals surface area contributed by atoms with Crippen molar-refractivity contribution in [3.05, 3.63) is 42.6 Å². The second-order valence-electron chi connectivity index (χ2n) is 4.67. The lowest BCUT2D eigenvalue weighted by Gasteiger charge is -2.12. The summed E-state index contributed by atoms with van der Waals surface area (Å²) in [6, 6.07) is 9.69. The summed E-state index contributed by atoms with van der Waals surface area (Å²) in [6.45, 7) is 0. The third-order valence-electron chi connectivity index (χ3n) is 3.18. The first-order valence-corrected chi connectivity index (χ1v) is 9.09. The Bertz CT molecular complexity index is 933. The Morgan fingerprint density at radius 1 is 1.12 bits per heavy atom. The van der Waals surface area contributed by atoms with Gasteiger partial charge in [-0.15, -0.1) is 11.3 Å². The largest absolute Gasteiger partial charge is 0.497 e. The van der Waals surface area contributed by atoms with Gasteiger partial charge < -0.3 is 14.0 Å². The highest BCUT2D eigenvalue weighted by molar-refractivity contribution is 7.94. The summed E-state index contributed by atoms with van der Waals surface area (Å²) in [5.74, 6) is 1.45. The Morgan fingerprint density at radius 3 is 2.62 bits per heavy atom. The van der Waals surface area contributed by atoms with Crippen LogP contribution in [0.3, 0.4) is 0 Å². The average molecular weight is 366 g/mol. The van der Waals surface area contributed by atoms with Crippen molar-refractivity contribution in [2.45, 2.75) is 4.21 Å². The minimum Gasteiger partial charge on any atom is -0.497 e. The molecule has 0 atom stereocenters. The summed E-state index contributed by atoms with van der Waals surface area (Å²) >= 11 is 1.09. The minimum atomic E-state index is -3.75. The van der Waals surface area contributed by atoms with Gasteiger partial charge in [0.25, 0.3) is 10.0 Å². The number of thiophene rings is 1. The van der Waals surface area contributed by atoms with Crippen LogP contribution in [0.2, 0.25) is 0 Å². The number of anilines is 1. The van der Waals surface area contributed by atoms with Gasteiger partial charge in [-0.05, 0) is 24.3 Å². The third-order valence-corrected chi connectivity index (χ3v) is 6.14. The molecule has 1 N–H and O–H groups in total. The van der Waals surface area contributed by atoms with Crippen LogP contribution in [0.15, 0.2) is 51.3 Å². The summed E-state index contributed by atoms with van der Waals surface area (Å²) in [7, 11) is -0.769. The molecule has 24 heavy (non-hydrogen) atoms. The molecule has 0 radical (unpaired) electrons. The van der Waals surface area contributed by atoms with E-state index in [1.165, 1.54) is 26.5 Å². The van der Waals surface area contributed by atoms with Crippen molar-refractivity contribution in [3.63, 3.8) is 0 Å². The number of nitrogens with zero attached hydrogens (tertiary/aromatic N) is 1. The normalized spacial score (nSPS) is 11.2. The Labute approximate surface area is 142 Å². The maximum atomic E-state index is 12.6. The van der Waals surface area contributed by atoms with Gasteiger partial charge in [0.15, 0.2) is 5.76 Å². The molecule has 0 saturated heterocycles. The third kappa shape index (κ3) is 3.22. The number of hydrogen-bond donors (Lipinski definition) is 1. The highest BCUT2D eigenvalue weighted by Crippen LogP contribution is 2.34. The Balaban J connectivity index is 1.89. The highest BCUT2D eigenvalue weighted by Gasteiger charge is 2.20. The minimum absolute atomic E-state index is 0.159. The van der Waals surface area contributed by atoms with Crippen LogP contribution >= 0.6 is 11.3 Å². The summed E-state index contributed by atoms with van der Waals surface area (Å²) in [4.78, 5) is 0.676. The first-order valence-electron chi connectivity index (χ1n) is 6.79.